The third-order valence-corrected chi connectivity index (χ3v) is 5.88. The van der Waals surface area contributed by atoms with E-state index in [9.17, 15) is 0 Å². The maximum absolute atomic E-state index is 6.31. The first-order valence-electron chi connectivity index (χ1n) is 8.87. The average Bonchev–Trinajstić information content (AvgIpc) is 2.41. The summed E-state index contributed by atoms with van der Waals surface area (Å²) >= 11 is 0. The van der Waals surface area contributed by atoms with Crippen LogP contribution in [0.5, 0.6) is 0 Å². The van der Waals surface area contributed by atoms with Gasteiger partial charge in [0, 0.05) is 6.10 Å². The minimum Gasteiger partial charge on any atom is -0.411 e. The van der Waals surface area contributed by atoms with Crippen LogP contribution in [-0.2, 0) is 4.43 Å². The number of rotatable bonds is 14. The van der Waals surface area contributed by atoms with Crippen molar-refractivity contribution in [2.24, 2.45) is 0 Å². The summed E-state index contributed by atoms with van der Waals surface area (Å²) in [6.45, 7) is 13.0. The van der Waals surface area contributed by atoms with Crippen molar-refractivity contribution >= 4 is 8.32 Å². The molecule has 0 saturated carbocycles. The molecular formula is C18H38OSi. The highest BCUT2D eigenvalue weighted by Crippen LogP contribution is 2.19. The van der Waals surface area contributed by atoms with Gasteiger partial charge in [-0.05, 0) is 25.9 Å². The molecule has 1 unspecified atom stereocenters. The van der Waals surface area contributed by atoms with Crippen LogP contribution in [0.2, 0.25) is 13.1 Å². The van der Waals surface area contributed by atoms with E-state index in [2.05, 4.69) is 39.2 Å². The molecule has 0 rings (SSSR count). The fraction of sp³-hybridized carbons (Fsp3) is 0.889. The Balaban J connectivity index is 3.68. The Labute approximate surface area is 129 Å². The van der Waals surface area contributed by atoms with Gasteiger partial charge in [-0.3, -0.25) is 0 Å². The van der Waals surface area contributed by atoms with E-state index >= 15 is 0 Å². The van der Waals surface area contributed by atoms with Crippen molar-refractivity contribution in [2.45, 2.75) is 104 Å². The van der Waals surface area contributed by atoms with Crippen molar-refractivity contribution in [1.29, 1.82) is 0 Å². The van der Waals surface area contributed by atoms with Crippen LogP contribution in [0.4, 0.5) is 0 Å². The van der Waals surface area contributed by atoms with Gasteiger partial charge in [-0.15, -0.1) is 6.58 Å². The van der Waals surface area contributed by atoms with Gasteiger partial charge < -0.3 is 4.43 Å². The molecule has 120 valence electrons. The van der Waals surface area contributed by atoms with Gasteiger partial charge in [-0.25, -0.2) is 0 Å². The molecule has 2 heteroatoms. The Morgan fingerprint density at radius 3 is 1.90 bits per heavy atom. The number of unbranched alkanes of at least 4 members (excludes halogenated alkanes) is 7. The molecule has 0 aromatic carbocycles. The average molecular weight is 299 g/mol. The van der Waals surface area contributed by atoms with Crippen LogP contribution in [0, 0.1) is 0 Å². The normalized spacial score (nSPS) is 13.4. The van der Waals surface area contributed by atoms with Crippen LogP contribution in [0.15, 0.2) is 12.3 Å². The van der Waals surface area contributed by atoms with Gasteiger partial charge in [-0.2, -0.15) is 0 Å². The lowest BCUT2D eigenvalue weighted by Gasteiger charge is -2.26. The fourth-order valence-corrected chi connectivity index (χ4v) is 3.76. The van der Waals surface area contributed by atoms with Gasteiger partial charge in [0.2, 0.25) is 8.32 Å². The standard InChI is InChI=1S/C18H38OSi/c1-6-9-10-11-12-13-14-15-17-18(16-7-2)19-20(4,5)8-3/h8,18H,3,6-7,9-17H2,1-2,4-5H3. The molecule has 0 aromatic rings. The van der Waals surface area contributed by atoms with Crippen LogP contribution in [-0.4, -0.2) is 14.4 Å². The summed E-state index contributed by atoms with van der Waals surface area (Å²) < 4.78 is 6.31. The van der Waals surface area contributed by atoms with Crippen LogP contribution >= 0.6 is 0 Å². The summed E-state index contributed by atoms with van der Waals surface area (Å²) in [5.41, 5.74) is 2.06. The molecule has 0 saturated heterocycles. The molecule has 0 bridgehead atoms. The van der Waals surface area contributed by atoms with E-state index < -0.39 is 8.32 Å². The summed E-state index contributed by atoms with van der Waals surface area (Å²) in [6, 6.07) is 0. The Bertz CT molecular complexity index is 225. The van der Waals surface area contributed by atoms with Crippen molar-refractivity contribution < 1.29 is 4.43 Å². The highest BCUT2D eigenvalue weighted by Gasteiger charge is 2.22. The highest BCUT2D eigenvalue weighted by atomic mass is 28.4. The topological polar surface area (TPSA) is 9.23 Å². The van der Waals surface area contributed by atoms with Crippen LogP contribution < -0.4 is 0 Å². The number of hydrogen-bond donors (Lipinski definition) is 0. The molecule has 0 amide bonds. The Kier molecular flexibility index (Phi) is 12.6. The zero-order chi connectivity index (χ0) is 15.3. The third kappa shape index (κ3) is 11.7. The Morgan fingerprint density at radius 1 is 0.850 bits per heavy atom. The first-order chi connectivity index (χ1) is 9.55. The van der Waals surface area contributed by atoms with Crippen LogP contribution in [0.3, 0.4) is 0 Å². The van der Waals surface area contributed by atoms with E-state index in [0.717, 1.165) is 0 Å². The maximum atomic E-state index is 6.31. The second kappa shape index (κ2) is 12.6. The molecule has 0 radical (unpaired) electrons. The smallest absolute Gasteiger partial charge is 0.210 e. The van der Waals surface area contributed by atoms with Gasteiger partial charge in [0.15, 0.2) is 0 Å². The number of hydrogen-bond acceptors (Lipinski definition) is 1. The summed E-state index contributed by atoms with van der Waals surface area (Å²) in [7, 11) is -1.60. The molecular weight excluding hydrogens is 260 g/mol. The SMILES string of the molecule is C=C[Si](C)(C)OC(CCC)CCCCCCCCCC. The zero-order valence-corrected chi connectivity index (χ0v) is 15.5. The summed E-state index contributed by atoms with van der Waals surface area (Å²) in [6.07, 6.45) is 15.3. The first kappa shape index (κ1) is 19.9. The van der Waals surface area contributed by atoms with E-state index in [-0.39, 0.29) is 0 Å². The molecule has 0 fully saturated rings. The van der Waals surface area contributed by atoms with Gasteiger partial charge in [0.05, 0.1) is 0 Å². The maximum Gasteiger partial charge on any atom is 0.210 e. The molecule has 0 aromatic heterocycles. The minimum absolute atomic E-state index is 0.472. The molecule has 20 heavy (non-hydrogen) atoms. The van der Waals surface area contributed by atoms with Gasteiger partial charge >= 0.3 is 0 Å². The lowest BCUT2D eigenvalue weighted by atomic mass is 10.0. The van der Waals surface area contributed by atoms with E-state index in [1.165, 1.54) is 70.6 Å². The molecule has 0 aliphatic carbocycles. The first-order valence-corrected chi connectivity index (χ1v) is 11.9. The fourth-order valence-electron chi connectivity index (χ4n) is 2.57. The van der Waals surface area contributed by atoms with E-state index in [0.29, 0.717) is 6.10 Å². The molecule has 1 atom stereocenters. The second-order valence-corrected chi connectivity index (χ2v) is 10.5. The van der Waals surface area contributed by atoms with Crippen LogP contribution in [0.25, 0.3) is 0 Å². The van der Waals surface area contributed by atoms with Crippen molar-refractivity contribution in [2.75, 3.05) is 0 Å². The largest absolute Gasteiger partial charge is 0.411 e. The predicted molar refractivity (Wildman–Crippen MR) is 94.7 cm³/mol. The zero-order valence-electron chi connectivity index (χ0n) is 14.5. The Hall–Kier alpha value is -0.0831. The Morgan fingerprint density at radius 2 is 1.40 bits per heavy atom. The van der Waals surface area contributed by atoms with E-state index in [1.54, 1.807) is 0 Å². The van der Waals surface area contributed by atoms with Crippen molar-refractivity contribution in [3.8, 4) is 0 Å². The summed E-state index contributed by atoms with van der Waals surface area (Å²) in [5.74, 6) is 0. The minimum atomic E-state index is -1.60. The molecule has 0 heterocycles. The van der Waals surface area contributed by atoms with Gasteiger partial charge in [-0.1, -0.05) is 77.3 Å². The molecule has 0 N–H and O–H groups in total. The van der Waals surface area contributed by atoms with E-state index in [4.69, 9.17) is 4.43 Å². The highest BCUT2D eigenvalue weighted by molar-refractivity contribution is 6.76. The molecule has 0 aliphatic rings. The molecule has 0 aliphatic heterocycles. The van der Waals surface area contributed by atoms with Crippen molar-refractivity contribution in [3.05, 3.63) is 12.3 Å². The second-order valence-electron chi connectivity index (χ2n) is 6.60. The van der Waals surface area contributed by atoms with Gasteiger partial charge in [0.25, 0.3) is 0 Å². The lowest BCUT2D eigenvalue weighted by Crippen LogP contribution is -2.33. The monoisotopic (exact) mass is 298 g/mol. The molecule has 1 nitrogen and oxygen atoms in total. The summed E-state index contributed by atoms with van der Waals surface area (Å²) in [5, 5.41) is 0. The van der Waals surface area contributed by atoms with Crippen LogP contribution in [0.1, 0.15) is 84.5 Å². The van der Waals surface area contributed by atoms with Gasteiger partial charge in [0.1, 0.15) is 0 Å². The third-order valence-electron chi connectivity index (χ3n) is 3.95. The molecule has 0 spiro atoms. The summed E-state index contributed by atoms with van der Waals surface area (Å²) in [4.78, 5) is 0. The predicted octanol–water partition coefficient (Wildman–Crippen LogP) is 6.63. The van der Waals surface area contributed by atoms with Crippen molar-refractivity contribution in [3.63, 3.8) is 0 Å². The lowest BCUT2D eigenvalue weighted by molar-refractivity contribution is 0.170. The quantitative estimate of drug-likeness (QED) is 0.258. The van der Waals surface area contributed by atoms with Crippen molar-refractivity contribution in [1.82, 2.24) is 0 Å². The van der Waals surface area contributed by atoms with E-state index in [1.807, 2.05) is 0 Å².